The molecule has 138 valence electrons. The molecule has 0 spiro atoms. The zero-order valence-corrected chi connectivity index (χ0v) is 16.4. The fraction of sp³-hybridized carbons (Fsp3) is 0.318. The van der Waals surface area contributed by atoms with Gasteiger partial charge in [-0.1, -0.05) is 61.2 Å². The second kappa shape index (κ2) is 9.48. The Balaban J connectivity index is 1.78. The highest BCUT2D eigenvalue weighted by atomic mass is 32.2. The first-order valence-corrected chi connectivity index (χ1v) is 9.60. The molecule has 3 nitrogen and oxygen atoms in total. The summed E-state index contributed by atoms with van der Waals surface area (Å²) in [6.45, 7) is 12.5. The lowest BCUT2D eigenvalue weighted by molar-refractivity contribution is -0.124. The van der Waals surface area contributed by atoms with Crippen LogP contribution in [0.4, 0.5) is 0 Å². The number of carbonyl (C=O) groups excluding carboxylic acids is 1. The Morgan fingerprint density at radius 1 is 1.35 bits per heavy atom. The van der Waals surface area contributed by atoms with Gasteiger partial charge in [0.05, 0.1) is 4.75 Å². The van der Waals surface area contributed by atoms with E-state index in [1.165, 1.54) is 5.56 Å². The maximum absolute atomic E-state index is 12.1. The van der Waals surface area contributed by atoms with Gasteiger partial charge in [-0.25, -0.2) is 0 Å². The largest absolute Gasteiger partial charge is 0.486 e. The van der Waals surface area contributed by atoms with Crippen molar-refractivity contribution in [3.63, 3.8) is 0 Å². The van der Waals surface area contributed by atoms with E-state index in [1.807, 2.05) is 37.3 Å². The van der Waals surface area contributed by atoms with Gasteiger partial charge in [-0.3, -0.25) is 4.79 Å². The molecule has 0 saturated heterocycles. The number of ether oxygens (including phenoxy) is 1. The van der Waals surface area contributed by atoms with Gasteiger partial charge in [0.2, 0.25) is 0 Å². The Bertz CT molecular complexity index is 721. The van der Waals surface area contributed by atoms with E-state index in [9.17, 15) is 4.79 Å². The molecule has 0 bridgehead atoms. The van der Waals surface area contributed by atoms with Crippen LogP contribution in [-0.2, 0) is 16.0 Å². The lowest BCUT2D eigenvalue weighted by Gasteiger charge is -2.23. The smallest absolute Gasteiger partial charge is 0.257 e. The molecule has 1 unspecified atom stereocenters. The van der Waals surface area contributed by atoms with E-state index in [4.69, 9.17) is 4.74 Å². The molecule has 1 aromatic carbocycles. The summed E-state index contributed by atoms with van der Waals surface area (Å²) in [6, 6.07) is 10.3. The summed E-state index contributed by atoms with van der Waals surface area (Å²) in [7, 11) is 0. The molecule has 2 rings (SSSR count). The van der Waals surface area contributed by atoms with Crippen molar-refractivity contribution in [2.24, 2.45) is 0 Å². The number of hydrogen-bond acceptors (Lipinski definition) is 3. The van der Waals surface area contributed by atoms with Crippen LogP contribution in [0.15, 0.2) is 78.0 Å². The average Bonchev–Trinajstić information content (AvgIpc) is 2.90. The minimum atomic E-state index is -0.344. The SMILES string of the molecule is C=C/C(C)=C/C1(C)SC(=C)C=C1OCC(=O)NCCCc1ccccc1. The first kappa shape index (κ1) is 20.1. The van der Waals surface area contributed by atoms with E-state index < -0.39 is 0 Å². The molecule has 0 aliphatic carbocycles. The Labute approximate surface area is 160 Å². The minimum absolute atomic E-state index is 0.0155. The molecule has 1 N–H and O–H groups in total. The van der Waals surface area contributed by atoms with Crippen molar-refractivity contribution in [3.8, 4) is 0 Å². The molecule has 1 aliphatic rings. The van der Waals surface area contributed by atoms with Crippen molar-refractivity contribution >= 4 is 17.7 Å². The second-order valence-corrected chi connectivity index (χ2v) is 8.08. The molecule has 1 heterocycles. The summed E-state index contributed by atoms with van der Waals surface area (Å²) in [4.78, 5) is 13.0. The topological polar surface area (TPSA) is 38.3 Å². The van der Waals surface area contributed by atoms with Crippen LogP contribution in [-0.4, -0.2) is 23.8 Å². The zero-order chi connectivity index (χ0) is 19.0. The van der Waals surface area contributed by atoms with E-state index in [2.05, 4.69) is 43.6 Å². The third kappa shape index (κ3) is 5.95. The van der Waals surface area contributed by atoms with Gasteiger partial charge in [0.25, 0.3) is 5.91 Å². The van der Waals surface area contributed by atoms with E-state index in [1.54, 1.807) is 11.8 Å². The summed E-state index contributed by atoms with van der Waals surface area (Å²) in [6.07, 6.45) is 7.66. The number of carbonyl (C=O) groups is 1. The summed E-state index contributed by atoms with van der Waals surface area (Å²) < 4.78 is 5.46. The van der Waals surface area contributed by atoms with Gasteiger partial charge < -0.3 is 10.1 Å². The quantitative estimate of drug-likeness (QED) is 0.502. The molecule has 0 radical (unpaired) electrons. The van der Waals surface area contributed by atoms with Crippen molar-refractivity contribution in [3.05, 3.63) is 83.5 Å². The predicted molar refractivity (Wildman–Crippen MR) is 111 cm³/mol. The number of rotatable bonds is 9. The average molecular weight is 370 g/mol. The van der Waals surface area contributed by atoms with Gasteiger partial charge in [0.1, 0.15) is 5.76 Å². The highest BCUT2D eigenvalue weighted by Gasteiger charge is 2.35. The summed E-state index contributed by atoms with van der Waals surface area (Å²) in [5, 5.41) is 2.92. The molecule has 0 fully saturated rings. The molecule has 1 atom stereocenters. The highest BCUT2D eigenvalue weighted by molar-refractivity contribution is 8.05. The van der Waals surface area contributed by atoms with Crippen molar-refractivity contribution in [1.82, 2.24) is 5.32 Å². The lowest BCUT2D eigenvalue weighted by atomic mass is 10.0. The third-order valence-corrected chi connectivity index (χ3v) is 5.24. The molecule has 0 saturated carbocycles. The van der Waals surface area contributed by atoms with Crippen LogP contribution >= 0.6 is 11.8 Å². The summed E-state index contributed by atoms with van der Waals surface area (Å²) >= 11 is 1.62. The minimum Gasteiger partial charge on any atom is -0.486 e. The molecular weight excluding hydrogens is 342 g/mol. The normalized spacial score (nSPS) is 19.8. The second-order valence-electron chi connectivity index (χ2n) is 6.50. The van der Waals surface area contributed by atoms with Crippen LogP contribution in [0.3, 0.4) is 0 Å². The van der Waals surface area contributed by atoms with Crippen LogP contribution in [0, 0.1) is 0 Å². The Morgan fingerprint density at radius 3 is 2.77 bits per heavy atom. The van der Waals surface area contributed by atoms with Gasteiger partial charge in [0.15, 0.2) is 6.61 Å². The first-order valence-electron chi connectivity index (χ1n) is 8.78. The number of allylic oxidation sites excluding steroid dienone is 3. The summed E-state index contributed by atoms with van der Waals surface area (Å²) in [5.41, 5.74) is 2.35. The van der Waals surface area contributed by atoms with Crippen LogP contribution in [0.1, 0.15) is 25.8 Å². The number of nitrogens with one attached hydrogen (secondary N) is 1. The molecule has 1 aliphatic heterocycles. The van der Waals surface area contributed by atoms with Gasteiger partial charge >= 0.3 is 0 Å². The monoisotopic (exact) mass is 369 g/mol. The van der Waals surface area contributed by atoms with Crippen molar-refractivity contribution in [2.45, 2.75) is 31.4 Å². The lowest BCUT2D eigenvalue weighted by Crippen LogP contribution is -2.30. The van der Waals surface area contributed by atoms with Gasteiger partial charge in [0, 0.05) is 11.4 Å². The molecule has 26 heavy (non-hydrogen) atoms. The van der Waals surface area contributed by atoms with Crippen LogP contribution in [0.5, 0.6) is 0 Å². The third-order valence-electron chi connectivity index (χ3n) is 4.12. The van der Waals surface area contributed by atoms with Crippen molar-refractivity contribution in [2.75, 3.05) is 13.2 Å². The van der Waals surface area contributed by atoms with E-state index in [0.29, 0.717) is 6.54 Å². The van der Waals surface area contributed by atoms with E-state index in [0.717, 1.165) is 29.1 Å². The number of amides is 1. The van der Waals surface area contributed by atoms with E-state index >= 15 is 0 Å². The van der Waals surface area contributed by atoms with Crippen LogP contribution in [0.25, 0.3) is 0 Å². The number of hydrogen-bond donors (Lipinski definition) is 1. The first-order chi connectivity index (χ1) is 12.4. The molecular formula is C22H27NO2S. The maximum atomic E-state index is 12.1. The maximum Gasteiger partial charge on any atom is 0.257 e. The number of aryl methyl sites for hydroxylation is 1. The zero-order valence-electron chi connectivity index (χ0n) is 15.6. The predicted octanol–water partition coefficient (Wildman–Crippen LogP) is 4.79. The molecule has 1 amide bonds. The Morgan fingerprint density at radius 2 is 2.08 bits per heavy atom. The highest BCUT2D eigenvalue weighted by Crippen LogP contribution is 2.46. The fourth-order valence-corrected chi connectivity index (χ4v) is 3.95. The van der Waals surface area contributed by atoms with Crippen molar-refractivity contribution in [1.29, 1.82) is 0 Å². The van der Waals surface area contributed by atoms with Gasteiger partial charge in [-0.15, -0.1) is 11.8 Å². The summed E-state index contributed by atoms with van der Waals surface area (Å²) in [5.74, 6) is 0.654. The standard InChI is InChI=1S/C22H27NO2S/c1-5-17(2)15-22(4)20(14-18(3)26-22)25-16-21(24)23-13-9-12-19-10-7-6-8-11-19/h5-8,10-11,14-15H,1,3,9,12-13,16H2,2,4H3,(H,23,24)/b17-15+. The van der Waals surface area contributed by atoms with Crippen molar-refractivity contribution < 1.29 is 9.53 Å². The fourth-order valence-electron chi connectivity index (χ4n) is 2.78. The van der Waals surface area contributed by atoms with Crippen LogP contribution < -0.4 is 5.32 Å². The molecule has 1 aromatic rings. The Hall–Kier alpha value is -2.20. The number of benzene rings is 1. The van der Waals surface area contributed by atoms with E-state index in [-0.39, 0.29) is 17.3 Å². The molecule has 0 aromatic heterocycles. The molecule has 4 heteroatoms. The number of thioether (sulfide) groups is 1. The van der Waals surface area contributed by atoms with Crippen LogP contribution in [0.2, 0.25) is 0 Å². The van der Waals surface area contributed by atoms with Gasteiger partial charge in [-0.2, -0.15) is 0 Å². The van der Waals surface area contributed by atoms with Gasteiger partial charge in [-0.05, 0) is 38.3 Å². The Kier molecular flexibility index (Phi) is 7.34.